The minimum absolute atomic E-state index is 0.181. The van der Waals surface area contributed by atoms with Gasteiger partial charge in [-0.25, -0.2) is 9.78 Å². The van der Waals surface area contributed by atoms with Crippen molar-refractivity contribution in [3.05, 3.63) is 23.9 Å². The van der Waals surface area contributed by atoms with Crippen LogP contribution in [-0.2, 0) is 11.3 Å². The van der Waals surface area contributed by atoms with Gasteiger partial charge < -0.3 is 21.1 Å². The minimum atomic E-state index is -0.780. The summed E-state index contributed by atoms with van der Waals surface area (Å²) < 4.78 is 5.80. The summed E-state index contributed by atoms with van der Waals surface area (Å²) >= 11 is 0. The van der Waals surface area contributed by atoms with Gasteiger partial charge in [-0.05, 0) is 45.1 Å². The summed E-state index contributed by atoms with van der Waals surface area (Å²) in [5, 5.41) is 5.36. The molecule has 1 aromatic rings. The van der Waals surface area contributed by atoms with Crippen LogP contribution >= 0.6 is 0 Å². The zero-order valence-corrected chi connectivity index (χ0v) is 14.3. The lowest BCUT2D eigenvalue weighted by Gasteiger charge is -2.20. The Kier molecular flexibility index (Phi) is 6.00. The number of amides is 3. The molecule has 4 N–H and O–H groups in total. The average Bonchev–Trinajstić information content (AvgIpc) is 3.05. The lowest BCUT2D eigenvalue weighted by atomic mass is 9.93. The van der Waals surface area contributed by atoms with Crippen LogP contribution in [0, 0.1) is 5.41 Å². The Balaban J connectivity index is 1.73. The second kappa shape index (κ2) is 7.99. The standard InChI is InChI=1S/C17H26N4O3/c1-17(2,15(18)22)11-21-16(23)20-10-12-7-8-14(19-9-12)24-13-5-3-4-6-13/h7-9,13H,3-6,10-11H2,1-2H3,(H2,18,22)(H2,20,21,23). The molecular weight excluding hydrogens is 308 g/mol. The van der Waals surface area contributed by atoms with Crippen molar-refractivity contribution in [2.45, 2.75) is 52.2 Å². The van der Waals surface area contributed by atoms with Crippen LogP contribution in [0.1, 0.15) is 45.1 Å². The fourth-order valence-electron chi connectivity index (χ4n) is 2.40. The molecule has 7 heteroatoms. The van der Waals surface area contributed by atoms with Gasteiger partial charge >= 0.3 is 6.03 Å². The van der Waals surface area contributed by atoms with E-state index < -0.39 is 11.3 Å². The Hall–Kier alpha value is -2.31. The number of aromatic nitrogens is 1. The highest BCUT2D eigenvalue weighted by Crippen LogP contribution is 2.22. The molecule has 1 fully saturated rings. The third-order valence-corrected chi connectivity index (χ3v) is 4.20. The van der Waals surface area contributed by atoms with Gasteiger partial charge in [0.05, 0.1) is 5.41 Å². The number of nitrogens with two attached hydrogens (primary N) is 1. The van der Waals surface area contributed by atoms with Crippen LogP contribution in [-0.4, -0.2) is 29.6 Å². The molecule has 0 spiro atoms. The first-order valence-corrected chi connectivity index (χ1v) is 8.30. The summed E-state index contributed by atoms with van der Waals surface area (Å²) in [4.78, 5) is 27.2. The summed E-state index contributed by atoms with van der Waals surface area (Å²) in [6.45, 7) is 3.89. The van der Waals surface area contributed by atoms with E-state index in [-0.39, 0.29) is 18.7 Å². The lowest BCUT2D eigenvalue weighted by molar-refractivity contribution is -0.125. The lowest BCUT2D eigenvalue weighted by Crippen LogP contribution is -2.45. The molecule has 1 aliphatic rings. The Morgan fingerprint density at radius 1 is 1.29 bits per heavy atom. The topological polar surface area (TPSA) is 106 Å². The fourth-order valence-corrected chi connectivity index (χ4v) is 2.40. The predicted octanol–water partition coefficient (Wildman–Crippen LogP) is 1.71. The van der Waals surface area contributed by atoms with E-state index in [1.54, 1.807) is 20.0 Å². The molecule has 0 radical (unpaired) electrons. The van der Waals surface area contributed by atoms with Crippen molar-refractivity contribution in [2.24, 2.45) is 11.1 Å². The zero-order chi connectivity index (χ0) is 17.6. The molecule has 2 rings (SSSR count). The van der Waals surface area contributed by atoms with E-state index in [0.717, 1.165) is 18.4 Å². The van der Waals surface area contributed by atoms with Crippen molar-refractivity contribution < 1.29 is 14.3 Å². The summed E-state index contributed by atoms with van der Waals surface area (Å²) in [5.74, 6) is 0.170. The number of pyridine rings is 1. The van der Waals surface area contributed by atoms with E-state index in [0.29, 0.717) is 12.4 Å². The Morgan fingerprint density at radius 3 is 2.58 bits per heavy atom. The molecular formula is C17H26N4O3. The van der Waals surface area contributed by atoms with Gasteiger partial charge in [-0.3, -0.25) is 4.79 Å². The van der Waals surface area contributed by atoms with Crippen LogP contribution in [0.25, 0.3) is 0 Å². The third-order valence-electron chi connectivity index (χ3n) is 4.20. The smallest absolute Gasteiger partial charge is 0.315 e. The number of rotatable bonds is 7. The highest BCUT2D eigenvalue weighted by atomic mass is 16.5. The maximum absolute atomic E-state index is 11.8. The van der Waals surface area contributed by atoms with Gasteiger partial charge in [-0.1, -0.05) is 6.07 Å². The fraction of sp³-hybridized carbons (Fsp3) is 0.588. The van der Waals surface area contributed by atoms with Crippen LogP contribution < -0.4 is 21.1 Å². The molecule has 1 heterocycles. The quantitative estimate of drug-likeness (QED) is 0.705. The molecule has 3 amide bonds. The van der Waals surface area contributed by atoms with E-state index in [9.17, 15) is 9.59 Å². The largest absolute Gasteiger partial charge is 0.474 e. The summed E-state index contributed by atoms with van der Waals surface area (Å²) in [6, 6.07) is 3.35. The van der Waals surface area contributed by atoms with E-state index >= 15 is 0 Å². The highest BCUT2D eigenvalue weighted by Gasteiger charge is 2.25. The molecule has 0 aromatic carbocycles. The van der Waals surface area contributed by atoms with Gasteiger partial charge in [0, 0.05) is 25.4 Å². The van der Waals surface area contributed by atoms with Crippen LogP contribution in [0.2, 0.25) is 0 Å². The first kappa shape index (κ1) is 18.0. The molecule has 0 unspecified atom stereocenters. The van der Waals surface area contributed by atoms with Crippen molar-refractivity contribution in [1.82, 2.24) is 15.6 Å². The monoisotopic (exact) mass is 334 g/mol. The number of urea groups is 1. The number of hydrogen-bond acceptors (Lipinski definition) is 4. The van der Waals surface area contributed by atoms with Gasteiger partial charge in [0.2, 0.25) is 11.8 Å². The molecule has 7 nitrogen and oxygen atoms in total. The van der Waals surface area contributed by atoms with E-state index in [1.165, 1.54) is 12.8 Å². The van der Waals surface area contributed by atoms with Crippen LogP contribution in [0.15, 0.2) is 18.3 Å². The van der Waals surface area contributed by atoms with Crippen LogP contribution in [0.4, 0.5) is 4.79 Å². The van der Waals surface area contributed by atoms with Crippen molar-refractivity contribution in [3.8, 4) is 5.88 Å². The highest BCUT2D eigenvalue weighted by molar-refractivity contribution is 5.81. The maximum Gasteiger partial charge on any atom is 0.315 e. The predicted molar refractivity (Wildman–Crippen MR) is 90.3 cm³/mol. The molecule has 0 atom stereocenters. The number of nitrogens with zero attached hydrogens (tertiary/aromatic N) is 1. The van der Waals surface area contributed by atoms with Gasteiger partial charge in [0.15, 0.2) is 0 Å². The molecule has 0 bridgehead atoms. The van der Waals surface area contributed by atoms with Crippen molar-refractivity contribution in [2.75, 3.05) is 6.54 Å². The van der Waals surface area contributed by atoms with Crippen molar-refractivity contribution >= 4 is 11.9 Å². The number of ether oxygens (including phenoxy) is 1. The number of carbonyl (C=O) groups is 2. The molecule has 0 saturated heterocycles. The average molecular weight is 334 g/mol. The second-order valence-electron chi connectivity index (χ2n) is 6.81. The Bertz CT molecular complexity index is 566. The van der Waals surface area contributed by atoms with Gasteiger partial charge in [0.1, 0.15) is 6.10 Å². The van der Waals surface area contributed by atoms with Crippen LogP contribution in [0.5, 0.6) is 5.88 Å². The SMILES string of the molecule is CC(C)(CNC(=O)NCc1ccc(OC2CCCC2)nc1)C(N)=O. The minimum Gasteiger partial charge on any atom is -0.474 e. The molecule has 1 saturated carbocycles. The molecule has 1 aliphatic carbocycles. The number of carbonyl (C=O) groups excluding carboxylic acids is 2. The van der Waals surface area contributed by atoms with E-state index in [1.807, 2.05) is 12.1 Å². The number of primary amides is 1. The Morgan fingerprint density at radius 2 is 2.00 bits per heavy atom. The normalized spacial score (nSPS) is 15.1. The maximum atomic E-state index is 11.8. The van der Waals surface area contributed by atoms with Gasteiger partial charge in [-0.15, -0.1) is 0 Å². The molecule has 24 heavy (non-hydrogen) atoms. The summed E-state index contributed by atoms with van der Waals surface area (Å²) in [6.07, 6.45) is 6.58. The first-order chi connectivity index (χ1) is 11.4. The Labute approximate surface area is 142 Å². The zero-order valence-electron chi connectivity index (χ0n) is 14.3. The number of nitrogens with one attached hydrogen (secondary N) is 2. The molecule has 132 valence electrons. The van der Waals surface area contributed by atoms with Gasteiger partial charge in [0.25, 0.3) is 0 Å². The molecule has 0 aliphatic heterocycles. The summed E-state index contributed by atoms with van der Waals surface area (Å²) in [5.41, 5.74) is 5.36. The first-order valence-electron chi connectivity index (χ1n) is 8.30. The second-order valence-corrected chi connectivity index (χ2v) is 6.81. The number of hydrogen-bond donors (Lipinski definition) is 3. The van der Waals surface area contributed by atoms with Gasteiger partial charge in [-0.2, -0.15) is 0 Å². The van der Waals surface area contributed by atoms with Crippen molar-refractivity contribution in [3.63, 3.8) is 0 Å². The third kappa shape index (κ3) is 5.40. The van der Waals surface area contributed by atoms with Crippen molar-refractivity contribution in [1.29, 1.82) is 0 Å². The van der Waals surface area contributed by atoms with E-state index in [4.69, 9.17) is 10.5 Å². The van der Waals surface area contributed by atoms with Crippen LogP contribution in [0.3, 0.4) is 0 Å². The van der Waals surface area contributed by atoms with E-state index in [2.05, 4.69) is 15.6 Å². The molecule has 1 aromatic heterocycles. The summed E-state index contributed by atoms with van der Waals surface area (Å²) in [7, 11) is 0.